The summed E-state index contributed by atoms with van der Waals surface area (Å²) in [6.07, 6.45) is 4.23. The highest BCUT2D eigenvalue weighted by molar-refractivity contribution is 5.24. The first-order chi connectivity index (χ1) is 7.31. The van der Waals surface area contributed by atoms with Crippen LogP contribution in [-0.4, -0.2) is 6.04 Å². The monoisotopic (exact) mass is 202 g/mol. The second-order valence-corrected chi connectivity index (χ2v) is 4.02. The molecule has 0 unspecified atom stereocenters. The Hall–Kier alpha value is -1.28. The average molecular weight is 202 g/mol. The first-order valence-electron chi connectivity index (χ1n) is 5.57. The lowest BCUT2D eigenvalue weighted by molar-refractivity contribution is 0.449. The van der Waals surface area contributed by atoms with Crippen LogP contribution in [-0.2, 0) is 0 Å². The fraction of sp³-hybridized carbons (Fsp3) is 0.385. The predicted octanol–water partition coefficient (Wildman–Crippen LogP) is 2.34. The minimum absolute atomic E-state index is 0.183. The van der Waals surface area contributed by atoms with Crippen LogP contribution in [0.15, 0.2) is 42.1 Å². The fourth-order valence-electron chi connectivity index (χ4n) is 2.02. The molecular formula is C13H18N2. The second-order valence-electron chi connectivity index (χ2n) is 4.02. The van der Waals surface area contributed by atoms with E-state index in [9.17, 15) is 0 Å². The Labute approximate surface area is 91.2 Å². The van der Waals surface area contributed by atoms with Crippen molar-refractivity contribution in [1.29, 1.82) is 0 Å². The molecule has 15 heavy (non-hydrogen) atoms. The van der Waals surface area contributed by atoms with E-state index in [4.69, 9.17) is 5.73 Å². The maximum absolute atomic E-state index is 6.12. The summed E-state index contributed by atoms with van der Waals surface area (Å²) >= 11 is 0. The van der Waals surface area contributed by atoms with Gasteiger partial charge in [-0.15, -0.1) is 0 Å². The first-order valence-corrected chi connectivity index (χ1v) is 5.57. The molecule has 3 N–H and O–H groups in total. The van der Waals surface area contributed by atoms with Crippen LogP contribution in [0, 0.1) is 0 Å². The lowest BCUT2D eigenvalue weighted by atomic mass is 9.93. The maximum atomic E-state index is 6.12. The van der Waals surface area contributed by atoms with Crippen LogP contribution < -0.4 is 11.1 Å². The van der Waals surface area contributed by atoms with Crippen LogP contribution in [0.25, 0.3) is 0 Å². The number of rotatable bonds is 2. The van der Waals surface area contributed by atoms with Gasteiger partial charge in [0.1, 0.15) is 0 Å². The number of allylic oxidation sites excluding steroid dienone is 1. The summed E-state index contributed by atoms with van der Waals surface area (Å²) in [4.78, 5) is 0. The molecule has 80 valence electrons. The number of nitrogens with one attached hydrogen (secondary N) is 1. The maximum Gasteiger partial charge on any atom is 0.0664 e. The molecule has 2 heteroatoms. The van der Waals surface area contributed by atoms with E-state index in [-0.39, 0.29) is 12.1 Å². The van der Waals surface area contributed by atoms with Crippen molar-refractivity contribution in [3.8, 4) is 0 Å². The number of hydrogen-bond acceptors (Lipinski definition) is 2. The molecule has 2 nitrogen and oxygen atoms in total. The summed E-state index contributed by atoms with van der Waals surface area (Å²) in [6.45, 7) is 2.16. The van der Waals surface area contributed by atoms with Gasteiger partial charge in [0.05, 0.1) is 6.04 Å². The van der Waals surface area contributed by atoms with Crippen molar-refractivity contribution in [3.63, 3.8) is 0 Å². The van der Waals surface area contributed by atoms with Crippen LogP contribution >= 0.6 is 0 Å². The third kappa shape index (κ3) is 2.21. The van der Waals surface area contributed by atoms with E-state index < -0.39 is 0 Å². The number of nitrogens with two attached hydrogens (primary N) is 1. The zero-order valence-corrected chi connectivity index (χ0v) is 9.11. The molecule has 1 heterocycles. The smallest absolute Gasteiger partial charge is 0.0664 e. The van der Waals surface area contributed by atoms with Crippen molar-refractivity contribution >= 4 is 0 Å². The van der Waals surface area contributed by atoms with Crippen LogP contribution in [0.1, 0.15) is 31.4 Å². The van der Waals surface area contributed by atoms with E-state index in [1.54, 1.807) is 0 Å². The summed E-state index contributed by atoms with van der Waals surface area (Å²) in [5, 5.41) is 3.51. The Morgan fingerprint density at radius 2 is 2.07 bits per heavy atom. The van der Waals surface area contributed by atoms with Gasteiger partial charge >= 0.3 is 0 Å². The highest BCUT2D eigenvalue weighted by Gasteiger charge is 2.22. The molecule has 1 aliphatic rings. The van der Waals surface area contributed by atoms with Gasteiger partial charge in [-0.1, -0.05) is 43.3 Å². The van der Waals surface area contributed by atoms with E-state index in [1.807, 2.05) is 6.07 Å². The van der Waals surface area contributed by atoms with Gasteiger partial charge < -0.3 is 11.1 Å². The molecule has 0 saturated heterocycles. The third-order valence-corrected chi connectivity index (χ3v) is 2.95. The second kappa shape index (κ2) is 4.49. The standard InChI is InChI=1S/C13H18N2/c1-2-11-8-9-12(14)13(15-11)10-6-4-3-5-7-10/h3-8,12-13,15H,2,9,14H2,1H3/t12-,13-/m0/s1. The largest absolute Gasteiger partial charge is 0.380 e. The number of benzene rings is 1. The molecule has 0 aromatic heterocycles. The van der Waals surface area contributed by atoms with Gasteiger partial charge in [-0.2, -0.15) is 0 Å². The van der Waals surface area contributed by atoms with Crippen LogP contribution in [0.4, 0.5) is 0 Å². The molecule has 0 fully saturated rings. The van der Waals surface area contributed by atoms with Gasteiger partial charge in [-0.3, -0.25) is 0 Å². The van der Waals surface area contributed by atoms with Crippen molar-refractivity contribution in [2.75, 3.05) is 0 Å². The predicted molar refractivity (Wildman–Crippen MR) is 63.3 cm³/mol. The minimum Gasteiger partial charge on any atom is -0.380 e. The van der Waals surface area contributed by atoms with Gasteiger partial charge in [0.25, 0.3) is 0 Å². The first kappa shape index (κ1) is 10.2. The normalized spacial score (nSPS) is 25.6. The summed E-state index contributed by atoms with van der Waals surface area (Å²) in [7, 11) is 0. The van der Waals surface area contributed by atoms with E-state index in [0.717, 1.165) is 12.8 Å². The Morgan fingerprint density at radius 3 is 2.73 bits per heavy atom. The Kier molecular flexibility index (Phi) is 3.07. The zero-order chi connectivity index (χ0) is 10.7. The molecule has 0 spiro atoms. The molecule has 2 rings (SSSR count). The molecule has 2 atom stereocenters. The quantitative estimate of drug-likeness (QED) is 0.772. The van der Waals surface area contributed by atoms with E-state index >= 15 is 0 Å². The van der Waals surface area contributed by atoms with E-state index in [2.05, 4.69) is 42.6 Å². The zero-order valence-electron chi connectivity index (χ0n) is 9.11. The molecule has 0 saturated carbocycles. The molecule has 0 bridgehead atoms. The van der Waals surface area contributed by atoms with Gasteiger partial charge in [0.15, 0.2) is 0 Å². The highest BCUT2D eigenvalue weighted by Crippen LogP contribution is 2.24. The van der Waals surface area contributed by atoms with Crippen molar-refractivity contribution < 1.29 is 0 Å². The van der Waals surface area contributed by atoms with Crippen molar-refractivity contribution in [2.45, 2.75) is 31.8 Å². The van der Waals surface area contributed by atoms with Gasteiger partial charge in [-0.25, -0.2) is 0 Å². The van der Waals surface area contributed by atoms with Crippen molar-refractivity contribution in [2.24, 2.45) is 5.73 Å². The molecule has 0 amide bonds. The van der Waals surface area contributed by atoms with E-state index in [0.29, 0.717) is 0 Å². The van der Waals surface area contributed by atoms with Crippen LogP contribution in [0.5, 0.6) is 0 Å². The van der Waals surface area contributed by atoms with Crippen molar-refractivity contribution in [1.82, 2.24) is 5.32 Å². The summed E-state index contributed by atoms with van der Waals surface area (Å²) in [5.74, 6) is 0. The lowest BCUT2D eigenvalue weighted by Gasteiger charge is -2.31. The van der Waals surface area contributed by atoms with Crippen molar-refractivity contribution in [3.05, 3.63) is 47.7 Å². The van der Waals surface area contributed by atoms with E-state index in [1.165, 1.54) is 11.3 Å². The van der Waals surface area contributed by atoms with Gasteiger partial charge in [0, 0.05) is 11.7 Å². The Morgan fingerprint density at radius 1 is 1.33 bits per heavy atom. The molecule has 0 aliphatic carbocycles. The molecule has 1 aromatic rings. The average Bonchev–Trinajstić information content (AvgIpc) is 2.31. The highest BCUT2D eigenvalue weighted by atomic mass is 15.0. The number of hydrogen-bond donors (Lipinski definition) is 2. The topological polar surface area (TPSA) is 38.0 Å². The van der Waals surface area contributed by atoms with Crippen LogP contribution in [0.2, 0.25) is 0 Å². The Balaban J connectivity index is 2.19. The third-order valence-electron chi connectivity index (χ3n) is 2.95. The van der Waals surface area contributed by atoms with Gasteiger partial charge in [-0.05, 0) is 18.4 Å². The summed E-state index contributed by atoms with van der Waals surface area (Å²) in [5.41, 5.74) is 8.71. The lowest BCUT2D eigenvalue weighted by Crippen LogP contribution is -2.40. The van der Waals surface area contributed by atoms with Crippen LogP contribution in [0.3, 0.4) is 0 Å². The summed E-state index contributed by atoms with van der Waals surface area (Å²) in [6, 6.07) is 10.9. The van der Waals surface area contributed by atoms with Gasteiger partial charge in [0.2, 0.25) is 0 Å². The minimum atomic E-state index is 0.183. The molecular weight excluding hydrogens is 184 g/mol. The fourth-order valence-corrected chi connectivity index (χ4v) is 2.02. The Bertz CT molecular complexity index is 343. The SMILES string of the molecule is CCC1=CC[C@H](N)[C@H](c2ccccc2)N1. The summed E-state index contributed by atoms with van der Waals surface area (Å²) < 4.78 is 0. The molecule has 0 radical (unpaired) electrons. The molecule has 1 aromatic carbocycles. The molecule has 1 aliphatic heterocycles.